The lowest BCUT2D eigenvalue weighted by molar-refractivity contribution is 0.217. The molecule has 0 spiro atoms. The average Bonchev–Trinajstić information content (AvgIpc) is 2.19. The molecule has 0 saturated heterocycles. The molecular weight excluding hydrogens is 226 g/mol. The lowest BCUT2D eigenvalue weighted by Gasteiger charge is -2.19. The van der Waals surface area contributed by atoms with E-state index < -0.39 is 0 Å². The molecule has 0 aromatic heterocycles. The second-order valence-corrected chi connectivity index (χ2v) is 3.23. The Balaban J connectivity index is 0.00000225. The number of hydrogen-bond donors (Lipinski definition) is 2. The molecule has 0 aliphatic heterocycles. The van der Waals surface area contributed by atoms with Gasteiger partial charge in [-0.1, -0.05) is 6.07 Å². The van der Waals surface area contributed by atoms with Crippen LogP contribution in [0.4, 0.5) is 16.2 Å². The highest BCUT2D eigenvalue weighted by Gasteiger charge is 2.08. The predicted molar refractivity (Wildman–Crippen MR) is 70.0 cm³/mol. The molecule has 0 heterocycles. The van der Waals surface area contributed by atoms with Crippen molar-refractivity contribution in [2.75, 3.05) is 24.1 Å². The van der Waals surface area contributed by atoms with Crippen LogP contribution < -0.4 is 11.1 Å². The van der Waals surface area contributed by atoms with Crippen molar-refractivity contribution in [3.8, 4) is 0 Å². The van der Waals surface area contributed by atoms with Crippen molar-refractivity contribution < 1.29 is 4.79 Å². The number of amides is 2. The largest absolute Gasteiger partial charge is 0.399 e. The van der Waals surface area contributed by atoms with E-state index in [9.17, 15) is 4.79 Å². The van der Waals surface area contributed by atoms with E-state index in [-0.39, 0.29) is 18.4 Å². The van der Waals surface area contributed by atoms with Gasteiger partial charge in [-0.25, -0.2) is 4.79 Å². The average molecular weight is 244 g/mol. The molecule has 0 aliphatic rings. The van der Waals surface area contributed by atoms with Gasteiger partial charge in [0.2, 0.25) is 0 Å². The van der Waals surface area contributed by atoms with Crippen molar-refractivity contribution in [2.45, 2.75) is 13.8 Å². The monoisotopic (exact) mass is 243 g/mol. The Morgan fingerprint density at radius 2 is 2.00 bits per heavy atom. The summed E-state index contributed by atoms with van der Waals surface area (Å²) in [5.74, 6) is 0. The number of hydrogen-bond acceptors (Lipinski definition) is 2. The van der Waals surface area contributed by atoms with Crippen LogP contribution in [0, 0.1) is 0 Å². The molecule has 2 amide bonds. The first-order valence-electron chi connectivity index (χ1n) is 5.08. The SMILES string of the molecule is CCN(CC)C(=O)Nc1cccc(N)c1.Cl. The smallest absolute Gasteiger partial charge is 0.321 e. The molecule has 1 aromatic carbocycles. The zero-order valence-electron chi connectivity index (χ0n) is 9.56. The van der Waals surface area contributed by atoms with E-state index in [2.05, 4.69) is 5.32 Å². The lowest BCUT2D eigenvalue weighted by Crippen LogP contribution is -2.34. The number of nitrogen functional groups attached to an aromatic ring is 1. The van der Waals surface area contributed by atoms with E-state index in [0.29, 0.717) is 18.8 Å². The molecule has 0 fully saturated rings. The molecule has 90 valence electrons. The number of urea groups is 1. The van der Waals surface area contributed by atoms with Crippen LogP contribution in [0.3, 0.4) is 0 Å². The maximum absolute atomic E-state index is 11.7. The maximum Gasteiger partial charge on any atom is 0.321 e. The molecule has 0 radical (unpaired) electrons. The summed E-state index contributed by atoms with van der Waals surface area (Å²) in [7, 11) is 0. The fourth-order valence-electron chi connectivity index (χ4n) is 1.33. The third-order valence-corrected chi connectivity index (χ3v) is 2.19. The number of nitrogens with one attached hydrogen (secondary N) is 1. The minimum atomic E-state index is -0.0920. The molecule has 16 heavy (non-hydrogen) atoms. The summed E-state index contributed by atoms with van der Waals surface area (Å²) >= 11 is 0. The van der Waals surface area contributed by atoms with Crippen molar-refractivity contribution in [3.63, 3.8) is 0 Å². The summed E-state index contributed by atoms with van der Waals surface area (Å²) in [5, 5.41) is 2.79. The summed E-state index contributed by atoms with van der Waals surface area (Å²) in [6, 6.07) is 7.06. The van der Waals surface area contributed by atoms with Gasteiger partial charge in [-0.05, 0) is 32.0 Å². The zero-order valence-corrected chi connectivity index (χ0v) is 10.4. The van der Waals surface area contributed by atoms with Gasteiger partial charge >= 0.3 is 6.03 Å². The predicted octanol–water partition coefficient (Wildman–Crippen LogP) is 2.56. The van der Waals surface area contributed by atoms with E-state index in [1.54, 1.807) is 17.0 Å². The number of carbonyl (C=O) groups excluding carboxylic acids is 1. The molecule has 0 saturated carbocycles. The van der Waals surface area contributed by atoms with Gasteiger partial charge in [0.15, 0.2) is 0 Å². The molecule has 0 atom stereocenters. The van der Waals surface area contributed by atoms with Gasteiger partial charge in [0.05, 0.1) is 0 Å². The molecule has 3 N–H and O–H groups in total. The Morgan fingerprint density at radius 1 is 1.38 bits per heavy atom. The third-order valence-electron chi connectivity index (χ3n) is 2.19. The fraction of sp³-hybridized carbons (Fsp3) is 0.364. The molecule has 1 rings (SSSR count). The Bertz CT molecular complexity index is 340. The molecular formula is C11H18ClN3O. The van der Waals surface area contributed by atoms with E-state index >= 15 is 0 Å². The molecule has 0 aliphatic carbocycles. The van der Waals surface area contributed by atoms with Gasteiger partial charge in [0.25, 0.3) is 0 Å². The molecule has 1 aromatic rings. The van der Waals surface area contributed by atoms with E-state index in [4.69, 9.17) is 5.73 Å². The van der Waals surface area contributed by atoms with Crippen LogP contribution in [0.5, 0.6) is 0 Å². The second-order valence-electron chi connectivity index (χ2n) is 3.23. The zero-order chi connectivity index (χ0) is 11.3. The summed E-state index contributed by atoms with van der Waals surface area (Å²) in [6.45, 7) is 5.29. The minimum absolute atomic E-state index is 0. The number of rotatable bonds is 3. The van der Waals surface area contributed by atoms with Gasteiger partial charge in [-0.3, -0.25) is 0 Å². The second kappa shape index (κ2) is 6.95. The number of nitrogens with two attached hydrogens (primary N) is 1. The van der Waals surface area contributed by atoms with Crippen LogP contribution in [-0.2, 0) is 0 Å². The van der Waals surface area contributed by atoms with Crippen molar-refractivity contribution in [1.29, 1.82) is 0 Å². The fourth-order valence-corrected chi connectivity index (χ4v) is 1.33. The molecule has 4 nitrogen and oxygen atoms in total. The molecule has 0 unspecified atom stereocenters. The highest BCUT2D eigenvalue weighted by Crippen LogP contribution is 2.12. The lowest BCUT2D eigenvalue weighted by atomic mass is 10.3. The highest BCUT2D eigenvalue weighted by molar-refractivity contribution is 5.89. The van der Waals surface area contributed by atoms with Crippen LogP contribution >= 0.6 is 12.4 Å². The van der Waals surface area contributed by atoms with Crippen LogP contribution in [0.2, 0.25) is 0 Å². The normalized spacial score (nSPS) is 9.12. The number of nitrogens with zero attached hydrogens (tertiary/aromatic N) is 1. The Morgan fingerprint density at radius 3 is 2.50 bits per heavy atom. The Kier molecular flexibility index (Phi) is 6.34. The van der Waals surface area contributed by atoms with E-state index in [1.807, 2.05) is 26.0 Å². The summed E-state index contributed by atoms with van der Waals surface area (Å²) < 4.78 is 0. The van der Waals surface area contributed by atoms with Crippen molar-refractivity contribution in [2.24, 2.45) is 0 Å². The van der Waals surface area contributed by atoms with Crippen molar-refractivity contribution >= 4 is 29.8 Å². The first-order valence-corrected chi connectivity index (χ1v) is 5.08. The van der Waals surface area contributed by atoms with Crippen LogP contribution in [0.15, 0.2) is 24.3 Å². The van der Waals surface area contributed by atoms with Gasteiger partial charge in [0.1, 0.15) is 0 Å². The van der Waals surface area contributed by atoms with Gasteiger partial charge in [-0.15, -0.1) is 12.4 Å². The topological polar surface area (TPSA) is 58.4 Å². The number of halogens is 1. The van der Waals surface area contributed by atoms with Crippen LogP contribution in [0.1, 0.15) is 13.8 Å². The first kappa shape index (κ1) is 14.6. The first-order chi connectivity index (χ1) is 7.17. The summed E-state index contributed by atoms with van der Waals surface area (Å²) in [6.07, 6.45) is 0. The minimum Gasteiger partial charge on any atom is -0.399 e. The van der Waals surface area contributed by atoms with Crippen LogP contribution in [0.25, 0.3) is 0 Å². The van der Waals surface area contributed by atoms with Gasteiger partial charge in [0, 0.05) is 24.5 Å². The number of anilines is 2. The highest BCUT2D eigenvalue weighted by atomic mass is 35.5. The van der Waals surface area contributed by atoms with Gasteiger partial charge < -0.3 is 16.0 Å². The van der Waals surface area contributed by atoms with Crippen LogP contribution in [-0.4, -0.2) is 24.0 Å². The van der Waals surface area contributed by atoms with Crippen molar-refractivity contribution in [1.82, 2.24) is 4.90 Å². The van der Waals surface area contributed by atoms with Crippen molar-refractivity contribution in [3.05, 3.63) is 24.3 Å². The van der Waals surface area contributed by atoms with Gasteiger partial charge in [-0.2, -0.15) is 0 Å². The number of carbonyl (C=O) groups is 1. The molecule has 0 bridgehead atoms. The summed E-state index contributed by atoms with van der Waals surface area (Å²) in [5.41, 5.74) is 6.98. The maximum atomic E-state index is 11.7. The Hall–Kier alpha value is -1.42. The molecule has 5 heteroatoms. The number of benzene rings is 1. The summed E-state index contributed by atoms with van der Waals surface area (Å²) in [4.78, 5) is 13.4. The standard InChI is InChI=1S/C11H17N3O.ClH/c1-3-14(4-2)11(15)13-10-7-5-6-9(12)8-10;/h5-8H,3-4,12H2,1-2H3,(H,13,15);1H. The quantitative estimate of drug-likeness (QED) is 0.802. The third kappa shape index (κ3) is 3.98. The Labute approximate surface area is 102 Å². The van der Waals surface area contributed by atoms with E-state index in [0.717, 1.165) is 5.69 Å². The van der Waals surface area contributed by atoms with E-state index in [1.165, 1.54) is 0 Å².